The van der Waals surface area contributed by atoms with Gasteiger partial charge >= 0.3 is 0 Å². The molecule has 0 aliphatic heterocycles. The number of hydrogen-bond donors (Lipinski definition) is 0. The Kier molecular flexibility index (Phi) is 2.27. The van der Waals surface area contributed by atoms with E-state index >= 15 is 0 Å². The van der Waals surface area contributed by atoms with Crippen LogP contribution in [0.15, 0.2) is 0 Å². The van der Waals surface area contributed by atoms with Gasteiger partial charge in [-0.3, -0.25) is 0 Å². The van der Waals surface area contributed by atoms with Crippen LogP contribution in [0.5, 0.6) is 0 Å². The van der Waals surface area contributed by atoms with Crippen molar-refractivity contribution in [2.75, 3.05) is 0 Å². The normalized spacial score (nSPS) is 51.8. The average Bonchev–Trinajstić information content (AvgIpc) is 2.15. The van der Waals surface area contributed by atoms with Crippen LogP contribution in [-0.4, -0.2) is 5.16 Å². The van der Waals surface area contributed by atoms with Crippen LogP contribution in [0.4, 0.5) is 0 Å². The van der Waals surface area contributed by atoms with Gasteiger partial charge in [-0.05, 0) is 73.3 Å². The lowest BCUT2D eigenvalue weighted by Crippen LogP contribution is -2.54. The van der Waals surface area contributed by atoms with Crippen LogP contribution in [0.1, 0.15) is 58.8 Å². The molecule has 0 nitrogen and oxygen atoms in total. The van der Waals surface area contributed by atoms with Crippen molar-refractivity contribution in [2.45, 2.75) is 63.9 Å². The maximum Gasteiger partial charge on any atom is -0.0124 e. The first-order valence-corrected chi connectivity index (χ1v) is 7.41. The minimum atomic E-state index is 0.517. The predicted molar refractivity (Wildman–Crippen MR) is 69.0 cm³/mol. The Morgan fingerprint density at radius 3 is 1.80 bits per heavy atom. The smallest absolute Gasteiger partial charge is 0.0124 e. The molecule has 0 aromatic rings. The van der Waals surface area contributed by atoms with E-state index in [0.717, 1.165) is 17.8 Å². The first-order chi connectivity index (χ1) is 7.05. The van der Waals surface area contributed by atoms with Crippen molar-refractivity contribution >= 4 is 9.24 Å². The lowest BCUT2D eigenvalue weighted by atomic mass is 9.46. The molecule has 0 radical (unpaired) electrons. The van der Waals surface area contributed by atoms with Crippen molar-refractivity contribution in [1.82, 2.24) is 0 Å². The summed E-state index contributed by atoms with van der Waals surface area (Å²) in [4.78, 5) is 0. The van der Waals surface area contributed by atoms with E-state index in [0.29, 0.717) is 10.6 Å². The lowest BCUT2D eigenvalue weighted by Gasteiger charge is -2.62. The zero-order chi connectivity index (χ0) is 10.7. The predicted octanol–water partition coefficient (Wildman–Crippen LogP) is 4.25. The Morgan fingerprint density at radius 2 is 1.47 bits per heavy atom. The molecule has 15 heavy (non-hydrogen) atoms. The Hall–Kier alpha value is 0.430. The van der Waals surface area contributed by atoms with Crippen LogP contribution in [0.25, 0.3) is 0 Å². The first-order valence-electron chi connectivity index (χ1n) is 6.83. The molecule has 4 aliphatic rings. The largest absolute Gasteiger partial charge is 0.131 e. The molecule has 0 N–H and O–H groups in total. The Labute approximate surface area is 96.8 Å². The van der Waals surface area contributed by atoms with Crippen molar-refractivity contribution in [3.05, 3.63) is 0 Å². The van der Waals surface area contributed by atoms with Crippen molar-refractivity contribution in [2.24, 2.45) is 23.2 Å². The second-order valence-corrected chi connectivity index (χ2v) is 8.24. The van der Waals surface area contributed by atoms with Gasteiger partial charge in [0.1, 0.15) is 0 Å². The standard InChI is InChI=1S/C14H25P/c1-3-13(2,15)14-7-10-4-11(8-14)6-12(5-10)9-14/h10-12H,3-9,15H2,1-2H3. The van der Waals surface area contributed by atoms with Crippen LogP contribution in [0.3, 0.4) is 0 Å². The minimum absolute atomic E-state index is 0.517. The molecule has 0 amide bonds. The van der Waals surface area contributed by atoms with E-state index in [1.807, 2.05) is 0 Å². The lowest BCUT2D eigenvalue weighted by molar-refractivity contribution is -0.0733. The van der Waals surface area contributed by atoms with E-state index in [2.05, 4.69) is 23.1 Å². The highest BCUT2D eigenvalue weighted by molar-refractivity contribution is 7.19. The van der Waals surface area contributed by atoms with Crippen LogP contribution in [0, 0.1) is 23.2 Å². The zero-order valence-corrected chi connectivity index (χ0v) is 11.4. The summed E-state index contributed by atoms with van der Waals surface area (Å²) in [6, 6.07) is 0. The van der Waals surface area contributed by atoms with Gasteiger partial charge in [0.2, 0.25) is 0 Å². The van der Waals surface area contributed by atoms with Gasteiger partial charge in [-0.2, -0.15) is 0 Å². The highest BCUT2D eigenvalue weighted by Crippen LogP contribution is 2.66. The molecule has 0 saturated heterocycles. The van der Waals surface area contributed by atoms with Crippen LogP contribution in [-0.2, 0) is 0 Å². The second-order valence-electron chi connectivity index (χ2n) is 6.97. The molecule has 4 fully saturated rings. The van der Waals surface area contributed by atoms with E-state index in [1.54, 1.807) is 38.5 Å². The summed E-state index contributed by atoms with van der Waals surface area (Å²) < 4.78 is 0. The van der Waals surface area contributed by atoms with Crippen molar-refractivity contribution in [3.8, 4) is 0 Å². The summed E-state index contributed by atoms with van der Waals surface area (Å²) in [6.07, 6.45) is 10.7. The monoisotopic (exact) mass is 224 g/mol. The van der Waals surface area contributed by atoms with E-state index in [9.17, 15) is 0 Å². The number of hydrogen-bond acceptors (Lipinski definition) is 0. The first kappa shape index (κ1) is 10.6. The fourth-order valence-electron chi connectivity index (χ4n) is 5.19. The molecule has 2 unspecified atom stereocenters. The highest BCUT2D eigenvalue weighted by atomic mass is 31.0. The van der Waals surface area contributed by atoms with Gasteiger partial charge in [-0.25, -0.2) is 0 Å². The van der Waals surface area contributed by atoms with Crippen LogP contribution < -0.4 is 0 Å². The maximum absolute atomic E-state index is 3.22. The van der Waals surface area contributed by atoms with Gasteiger partial charge in [0, 0.05) is 0 Å². The second kappa shape index (κ2) is 3.22. The van der Waals surface area contributed by atoms with Crippen molar-refractivity contribution < 1.29 is 0 Å². The third kappa shape index (κ3) is 1.43. The molecule has 0 heterocycles. The zero-order valence-electron chi connectivity index (χ0n) is 10.3. The van der Waals surface area contributed by atoms with Gasteiger partial charge < -0.3 is 0 Å². The van der Waals surface area contributed by atoms with Crippen molar-refractivity contribution in [3.63, 3.8) is 0 Å². The van der Waals surface area contributed by atoms with Gasteiger partial charge in [0.15, 0.2) is 0 Å². The molecule has 1 heteroatoms. The van der Waals surface area contributed by atoms with E-state index in [4.69, 9.17) is 0 Å². The fourth-order valence-corrected chi connectivity index (χ4v) is 5.54. The van der Waals surface area contributed by atoms with Gasteiger partial charge in [-0.15, -0.1) is 9.24 Å². The van der Waals surface area contributed by atoms with E-state index in [1.165, 1.54) is 6.42 Å². The summed E-state index contributed by atoms with van der Waals surface area (Å²) in [5.74, 6) is 3.30. The molecular formula is C14H25P. The Bertz CT molecular complexity index is 231. The molecule has 2 atom stereocenters. The molecule has 4 rings (SSSR count). The third-order valence-corrected chi connectivity index (χ3v) is 7.00. The minimum Gasteiger partial charge on any atom is -0.131 e. The Morgan fingerprint density at radius 1 is 1.07 bits per heavy atom. The molecule has 4 bridgehead atoms. The summed E-state index contributed by atoms with van der Waals surface area (Å²) in [5, 5.41) is 0.517. The van der Waals surface area contributed by atoms with E-state index < -0.39 is 0 Å². The van der Waals surface area contributed by atoms with Gasteiger partial charge in [0.05, 0.1) is 0 Å². The highest BCUT2D eigenvalue weighted by Gasteiger charge is 2.56. The molecule has 0 aromatic carbocycles. The summed E-state index contributed by atoms with van der Waals surface area (Å²) in [7, 11) is 3.22. The third-order valence-electron chi connectivity index (χ3n) is 5.98. The average molecular weight is 224 g/mol. The topological polar surface area (TPSA) is 0 Å². The SMILES string of the molecule is CCC(C)(P)C12CC3CC(CC(C3)C1)C2. The molecule has 86 valence electrons. The summed E-state index contributed by atoms with van der Waals surface area (Å²) in [5.41, 5.74) is 0.709. The molecule has 0 spiro atoms. The quantitative estimate of drug-likeness (QED) is 0.615. The van der Waals surface area contributed by atoms with Crippen LogP contribution in [0.2, 0.25) is 0 Å². The number of rotatable bonds is 2. The fraction of sp³-hybridized carbons (Fsp3) is 1.00. The molecule has 4 saturated carbocycles. The van der Waals surface area contributed by atoms with Gasteiger partial charge in [-0.1, -0.05) is 13.8 Å². The van der Waals surface area contributed by atoms with Gasteiger partial charge in [0.25, 0.3) is 0 Å². The van der Waals surface area contributed by atoms with Crippen LogP contribution >= 0.6 is 9.24 Å². The van der Waals surface area contributed by atoms with E-state index in [-0.39, 0.29) is 0 Å². The summed E-state index contributed by atoms with van der Waals surface area (Å²) in [6.45, 7) is 4.89. The van der Waals surface area contributed by atoms with Crippen molar-refractivity contribution in [1.29, 1.82) is 0 Å². The molecule has 0 aromatic heterocycles. The summed E-state index contributed by atoms with van der Waals surface area (Å²) >= 11 is 0. The Balaban J connectivity index is 1.93. The molecular weight excluding hydrogens is 199 g/mol. The molecule has 4 aliphatic carbocycles. The maximum atomic E-state index is 3.22.